The Kier molecular flexibility index (Phi) is 3.98. The van der Waals surface area contributed by atoms with Gasteiger partial charge in [-0.3, -0.25) is 0 Å². The van der Waals surface area contributed by atoms with Crippen molar-refractivity contribution in [3.05, 3.63) is 0 Å². The van der Waals surface area contributed by atoms with E-state index in [1.165, 1.54) is 0 Å². The summed E-state index contributed by atoms with van der Waals surface area (Å²) in [5.41, 5.74) is 2.14. The summed E-state index contributed by atoms with van der Waals surface area (Å²) in [5, 5.41) is 30.4. The summed E-state index contributed by atoms with van der Waals surface area (Å²) in [5.74, 6) is 4.99. The van der Waals surface area contributed by atoms with Gasteiger partial charge in [-0.1, -0.05) is 0 Å². The number of rotatable bonds is 1. The van der Waals surface area contributed by atoms with Gasteiger partial charge in [-0.25, -0.2) is 5.84 Å². The molecule has 4 atom stereocenters. The van der Waals surface area contributed by atoms with E-state index in [4.69, 9.17) is 15.7 Å². The Bertz CT molecular complexity index is 217. The van der Waals surface area contributed by atoms with Gasteiger partial charge in [0.2, 0.25) is 0 Å². The minimum atomic E-state index is -1.26. The summed E-state index contributed by atoms with van der Waals surface area (Å²) in [6.45, 7) is -0.0803. The van der Waals surface area contributed by atoms with Crippen LogP contribution in [0.2, 0.25) is 0 Å². The molecular weight excluding hydrogens is 210 g/mol. The normalized spacial score (nSPS) is 37.7. The van der Waals surface area contributed by atoms with Crippen LogP contribution in [-0.2, 0) is 4.74 Å². The number of hydrogen-bond acceptors (Lipinski definition) is 6. The molecule has 0 aromatic carbocycles. The number of nitrogens with one attached hydrogen (secondary N) is 2. The highest BCUT2D eigenvalue weighted by molar-refractivity contribution is 7.80. The van der Waals surface area contributed by atoms with E-state index in [-0.39, 0.29) is 11.7 Å². The monoisotopic (exact) mass is 223 g/mol. The molecule has 7 nitrogen and oxygen atoms in total. The largest absolute Gasteiger partial charge is 0.388 e. The van der Waals surface area contributed by atoms with Crippen LogP contribution in [0.1, 0.15) is 0 Å². The lowest BCUT2D eigenvalue weighted by atomic mass is 10.0. The summed E-state index contributed by atoms with van der Waals surface area (Å²) in [6, 6.07) is 0. The van der Waals surface area contributed by atoms with Crippen molar-refractivity contribution >= 4 is 17.3 Å². The minimum absolute atomic E-state index is 0.0803. The molecule has 8 heteroatoms. The predicted molar refractivity (Wildman–Crippen MR) is 50.8 cm³/mol. The molecule has 0 amide bonds. The quantitative estimate of drug-likeness (QED) is 0.156. The Morgan fingerprint density at radius 3 is 2.57 bits per heavy atom. The number of hydrogen-bond donors (Lipinski definition) is 6. The maximum Gasteiger partial charge on any atom is 0.182 e. The molecule has 82 valence electrons. The van der Waals surface area contributed by atoms with Crippen molar-refractivity contribution in [2.75, 3.05) is 6.61 Å². The zero-order chi connectivity index (χ0) is 10.7. The lowest BCUT2D eigenvalue weighted by Gasteiger charge is -2.35. The van der Waals surface area contributed by atoms with Gasteiger partial charge >= 0.3 is 0 Å². The van der Waals surface area contributed by atoms with Crippen molar-refractivity contribution in [2.45, 2.75) is 24.5 Å². The van der Waals surface area contributed by atoms with E-state index in [2.05, 4.69) is 23.0 Å². The first kappa shape index (κ1) is 11.6. The van der Waals surface area contributed by atoms with Crippen LogP contribution in [0.4, 0.5) is 0 Å². The van der Waals surface area contributed by atoms with Crippen LogP contribution in [0.5, 0.6) is 0 Å². The Hall–Kier alpha value is -0.510. The summed E-state index contributed by atoms with van der Waals surface area (Å²) in [7, 11) is 0. The van der Waals surface area contributed by atoms with Gasteiger partial charge in [0.25, 0.3) is 0 Å². The van der Waals surface area contributed by atoms with Crippen LogP contribution >= 0.6 is 12.2 Å². The molecular formula is C6H13N3O4S. The molecule has 14 heavy (non-hydrogen) atoms. The van der Waals surface area contributed by atoms with Gasteiger partial charge in [0.05, 0.1) is 6.61 Å². The van der Waals surface area contributed by atoms with Crippen molar-refractivity contribution < 1.29 is 20.1 Å². The van der Waals surface area contributed by atoms with Crippen LogP contribution in [0, 0.1) is 0 Å². The zero-order valence-electron chi connectivity index (χ0n) is 7.25. The third-order valence-electron chi connectivity index (χ3n) is 1.91. The van der Waals surface area contributed by atoms with E-state index in [0.717, 1.165) is 0 Å². The van der Waals surface area contributed by atoms with Gasteiger partial charge in [-0.15, -0.1) is 0 Å². The third kappa shape index (κ3) is 2.50. The number of thiocarbonyl (C=S) groups is 1. The fourth-order valence-electron chi connectivity index (χ4n) is 1.10. The molecule has 1 saturated heterocycles. The minimum Gasteiger partial charge on any atom is -0.388 e. The second-order valence-electron chi connectivity index (χ2n) is 2.92. The van der Waals surface area contributed by atoms with Crippen molar-refractivity contribution in [2.24, 2.45) is 5.84 Å². The lowest BCUT2D eigenvalue weighted by molar-refractivity contribution is -0.190. The summed E-state index contributed by atoms with van der Waals surface area (Å²) < 4.78 is 4.99. The van der Waals surface area contributed by atoms with Gasteiger partial charge < -0.3 is 30.8 Å². The van der Waals surface area contributed by atoms with Crippen molar-refractivity contribution in [1.29, 1.82) is 0 Å². The highest BCUT2D eigenvalue weighted by Crippen LogP contribution is 2.13. The van der Waals surface area contributed by atoms with Gasteiger partial charge in [0, 0.05) is 0 Å². The first-order chi connectivity index (χ1) is 6.56. The molecule has 1 aliphatic rings. The summed E-state index contributed by atoms with van der Waals surface area (Å²) in [4.78, 5) is 0. The predicted octanol–water partition coefficient (Wildman–Crippen LogP) is -3.24. The van der Waals surface area contributed by atoms with E-state index in [1.807, 2.05) is 0 Å². The maximum atomic E-state index is 9.43. The molecule has 3 unspecified atom stereocenters. The Morgan fingerprint density at radius 2 is 2.00 bits per heavy atom. The van der Waals surface area contributed by atoms with E-state index < -0.39 is 24.5 Å². The molecule has 0 spiro atoms. The Balaban J connectivity index is 2.50. The zero-order valence-corrected chi connectivity index (χ0v) is 8.07. The van der Waals surface area contributed by atoms with E-state index >= 15 is 0 Å². The van der Waals surface area contributed by atoms with E-state index in [0.29, 0.717) is 0 Å². The average molecular weight is 223 g/mol. The van der Waals surface area contributed by atoms with Gasteiger partial charge in [0.1, 0.15) is 18.3 Å². The van der Waals surface area contributed by atoms with Crippen LogP contribution in [0.25, 0.3) is 0 Å². The van der Waals surface area contributed by atoms with Gasteiger partial charge in [0.15, 0.2) is 11.3 Å². The Labute approximate surface area is 85.8 Å². The molecule has 1 aliphatic heterocycles. The standard InChI is InChI=1S/C6H13N3O4S/c7-9-6(14)8-5-4(12)3(11)2(10)1-13-5/h2-5,10-12H,1,7H2,(H2,8,9,14)/t2-,3?,4?,5?/m1/s1. The molecule has 7 N–H and O–H groups in total. The van der Waals surface area contributed by atoms with Crippen molar-refractivity contribution in [3.63, 3.8) is 0 Å². The molecule has 0 aromatic rings. The average Bonchev–Trinajstić information content (AvgIpc) is 2.19. The molecule has 1 rings (SSSR count). The number of hydrazine groups is 1. The van der Waals surface area contributed by atoms with Gasteiger partial charge in [-0.2, -0.15) is 0 Å². The highest BCUT2D eigenvalue weighted by atomic mass is 32.1. The SMILES string of the molecule is NNC(=S)NC1OC[C@@H](O)C(O)C1O. The molecule has 0 aromatic heterocycles. The van der Waals surface area contributed by atoms with Crippen LogP contribution < -0.4 is 16.6 Å². The number of aliphatic hydroxyl groups excluding tert-OH is 3. The highest BCUT2D eigenvalue weighted by Gasteiger charge is 2.37. The molecule has 0 saturated carbocycles. The fourth-order valence-corrected chi connectivity index (χ4v) is 1.22. The fraction of sp³-hybridized carbons (Fsp3) is 0.833. The van der Waals surface area contributed by atoms with E-state index in [9.17, 15) is 10.2 Å². The second kappa shape index (κ2) is 4.82. The molecule has 1 fully saturated rings. The second-order valence-corrected chi connectivity index (χ2v) is 3.33. The number of nitrogens with two attached hydrogens (primary N) is 1. The van der Waals surface area contributed by atoms with E-state index in [1.54, 1.807) is 0 Å². The van der Waals surface area contributed by atoms with Crippen LogP contribution in [0.3, 0.4) is 0 Å². The van der Waals surface area contributed by atoms with Crippen molar-refractivity contribution in [3.8, 4) is 0 Å². The third-order valence-corrected chi connectivity index (χ3v) is 2.14. The number of aliphatic hydroxyl groups is 3. The van der Waals surface area contributed by atoms with Crippen LogP contribution in [0.15, 0.2) is 0 Å². The Morgan fingerprint density at radius 1 is 1.36 bits per heavy atom. The first-order valence-electron chi connectivity index (χ1n) is 3.99. The van der Waals surface area contributed by atoms with Crippen molar-refractivity contribution in [1.82, 2.24) is 10.7 Å². The topological polar surface area (TPSA) is 120 Å². The number of ether oxygens (including phenoxy) is 1. The van der Waals surface area contributed by atoms with Gasteiger partial charge in [-0.05, 0) is 12.2 Å². The molecule has 0 bridgehead atoms. The molecule has 0 aliphatic carbocycles. The smallest absolute Gasteiger partial charge is 0.182 e. The summed E-state index contributed by atoms with van der Waals surface area (Å²) in [6.07, 6.45) is -4.49. The maximum absolute atomic E-state index is 9.43. The molecule has 0 radical (unpaired) electrons. The summed E-state index contributed by atoms with van der Waals surface area (Å²) >= 11 is 4.67. The lowest BCUT2D eigenvalue weighted by Crippen LogP contribution is -2.60. The van der Waals surface area contributed by atoms with Crippen LogP contribution in [-0.4, -0.2) is 51.6 Å². The molecule has 1 heterocycles. The first-order valence-corrected chi connectivity index (χ1v) is 4.40.